The first kappa shape index (κ1) is 21.0. The van der Waals surface area contributed by atoms with E-state index < -0.39 is 0 Å². The summed E-state index contributed by atoms with van der Waals surface area (Å²) in [4.78, 5) is 29.5. The smallest absolute Gasteiger partial charge is 0.235 e. The van der Waals surface area contributed by atoms with Gasteiger partial charge >= 0.3 is 0 Å². The van der Waals surface area contributed by atoms with E-state index in [1.807, 2.05) is 44.2 Å². The quantitative estimate of drug-likeness (QED) is 0.307. The van der Waals surface area contributed by atoms with Crippen LogP contribution in [0, 0.1) is 13.8 Å². The summed E-state index contributed by atoms with van der Waals surface area (Å²) in [7, 11) is 0. The Labute approximate surface area is 194 Å². The van der Waals surface area contributed by atoms with Crippen molar-refractivity contribution in [1.82, 2.24) is 4.98 Å². The summed E-state index contributed by atoms with van der Waals surface area (Å²) in [5, 5.41) is 1.77. The minimum atomic E-state index is -0.323. The number of rotatable bonds is 5. The number of hydrogen-bond donors (Lipinski definition) is 1. The van der Waals surface area contributed by atoms with Crippen molar-refractivity contribution in [2.75, 3.05) is 6.61 Å². The molecule has 0 bridgehead atoms. The molecule has 0 aliphatic heterocycles. The number of benzene rings is 3. The fourth-order valence-corrected chi connectivity index (χ4v) is 4.00. The number of ether oxygens (including phenoxy) is 1. The van der Waals surface area contributed by atoms with Gasteiger partial charge in [-0.05, 0) is 67.4 Å². The number of aryl methyl sites for hydroxylation is 2. The van der Waals surface area contributed by atoms with Gasteiger partial charge in [0.15, 0.2) is 12.4 Å². The van der Waals surface area contributed by atoms with Crippen LogP contribution in [0.25, 0.3) is 33.2 Å². The first-order chi connectivity index (χ1) is 15.9. The monoisotopic (exact) mass is 457 g/mol. The lowest BCUT2D eigenvalue weighted by atomic mass is 10.0. The van der Waals surface area contributed by atoms with Crippen LogP contribution in [0.5, 0.6) is 5.75 Å². The third kappa shape index (κ3) is 3.81. The third-order valence-corrected chi connectivity index (χ3v) is 6.06. The zero-order valence-electron chi connectivity index (χ0n) is 18.1. The highest BCUT2D eigenvalue weighted by molar-refractivity contribution is 6.30. The van der Waals surface area contributed by atoms with E-state index in [0.717, 1.165) is 22.0 Å². The van der Waals surface area contributed by atoms with Crippen LogP contribution in [0.1, 0.15) is 21.5 Å². The molecule has 3 aromatic carbocycles. The second-order valence-electron chi connectivity index (χ2n) is 7.99. The molecule has 2 aromatic heterocycles. The van der Waals surface area contributed by atoms with Crippen LogP contribution in [0.4, 0.5) is 0 Å². The van der Waals surface area contributed by atoms with E-state index in [4.69, 9.17) is 20.8 Å². The Kier molecular flexibility index (Phi) is 5.27. The van der Waals surface area contributed by atoms with Crippen LogP contribution in [0.15, 0.2) is 76.1 Å². The number of Topliss-reactive ketones (excluding diaryl/α,β-unsaturated/α-hetero) is 1. The van der Waals surface area contributed by atoms with E-state index >= 15 is 0 Å². The summed E-state index contributed by atoms with van der Waals surface area (Å²) in [5.74, 6) is 0.0227. The van der Waals surface area contributed by atoms with Gasteiger partial charge in [-0.25, -0.2) is 0 Å². The Hall–Kier alpha value is -3.83. The number of fused-ring (bicyclic) bond motifs is 2. The molecule has 0 fully saturated rings. The Morgan fingerprint density at radius 1 is 1.00 bits per heavy atom. The van der Waals surface area contributed by atoms with Gasteiger partial charge in [0.2, 0.25) is 17.0 Å². The highest BCUT2D eigenvalue weighted by Crippen LogP contribution is 2.32. The number of hydrogen-bond acceptors (Lipinski definition) is 4. The Morgan fingerprint density at radius 2 is 1.73 bits per heavy atom. The van der Waals surface area contributed by atoms with E-state index in [9.17, 15) is 9.59 Å². The van der Waals surface area contributed by atoms with Gasteiger partial charge in [-0.1, -0.05) is 29.8 Å². The van der Waals surface area contributed by atoms with Gasteiger partial charge in [-0.2, -0.15) is 0 Å². The van der Waals surface area contributed by atoms with Crippen LogP contribution in [-0.4, -0.2) is 17.4 Å². The van der Waals surface area contributed by atoms with Gasteiger partial charge in [-0.15, -0.1) is 0 Å². The average molecular weight is 458 g/mol. The van der Waals surface area contributed by atoms with E-state index in [1.54, 1.807) is 36.5 Å². The van der Waals surface area contributed by atoms with Gasteiger partial charge in [-0.3, -0.25) is 9.59 Å². The van der Waals surface area contributed by atoms with Crippen LogP contribution in [0.2, 0.25) is 5.02 Å². The third-order valence-electron chi connectivity index (χ3n) is 5.81. The molecule has 0 amide bonds. The van der Waals surface area contributed by atoms with Gasteiger partial charge in [0.05, 0.1) is 5.39 Å². The number of H-pyrrole nitrogens is 1. The zero-order valence-corrected chi connectivity index (χ0v) is 18.8. The number of halogens is 1. The van der Waals surface area contributed by atoms with E-state index in [2.05, 4.69) is 4.98 Å². The summed E-state index contributed by atoms with van der Waals surface area (Å²) in [6.07, 6.45) is 1.66. The van der Waals surface area contributed by atoms with Crippen molar-refractivity contribution in [3.05, 3.63) is 98.8 Å². The minimum absolute atomic E-state index is 0.00117. The normalized spacial score (nSPS) is 11.2. The van der Waals surface area contributed by atoms with Gasteiger partial charge in [0.1, 0.15) is 5.58 Å². The Morgan fingerprint density at radius 3 is 2.52 bits per heavy atom. The van der Waals surface area contributed by atoms with Crippen LogP contribution in [-0.2, 0) is 0 Å². The number of para-hydroxylation sites is 1. The minimum Gasteiger partial charge on any atom is -0.478 e. The van der Waals surface area contributed by atoms with E-state index in [1.165, 1.54) is 0 Å². The van der Waals surface area contributed by atoms with Crippen molar-refractivity contribution in [2.24, 2.45) is 0 Å². The SMILES string of the molecule is Cc1cc2oc(-c3ccc(Cl)cc3)c(OCC(=O)c3c[nH]c4ccccc34)c(=O)c2cc1C. The van der Waals surface area contributed by atoms with Crippen LogP contribution in [0.3, 0.4) is 0 Å². The van der Waals surface area contributed by atoms with Crippen LogP contribution >= 0.6 is 11.6 Å². The molecule has 2 heterocycles. The van der Waals surface area contributed by atoms with Crippen molar-refractivity contribution >= 4 is 39.3 Å². The molecule has 5 rings (SSSR count). The van der Waals surface area contributed by atoms with E-state index in [0.29, 0.717) is 27.1 Å². The molecule has 0 atom stereocenters. The molecule has 0 spiro atoms. The first-order valence-electron chi connectivity index (χ1n) is 10.5. The van der Waals surface area contributed by atoms with Gasteiger partial charge in [0, 0.05) is 33.2 Å². The fourth-order valence-electron chi connectivity index (χ4n) is 3.87. The topological polar surface area (TPSA) is 72.3 Å². The summed E-state index contributed by atoms with van der Waals surface area (Å²) >= 11 is 6.04. The van der Waals surface area contributed by atoms with Crippen molar-refractivity contribution in [1.29, 1.82) is 0 Å². The molecule has 1 N–H and O–H groups in total. The molecule has 33 heavy (non-hydrogen) atoms. The van der Waals surface area contributed by atoms with Gasteiger partial charge < -0.3 is 14.1 Å². The van der Waals surface area contributed by atoms with Crippen molar-refractivity contribution in [3.63, 3.8) is 0 Å². The lowest BCUT2D eigenvalue weighted by Crippen LogP contribution is -2.17. The van der Waals surface area contributed by atoms with Crippen molar-refractivity contribution < 1.29 is 13.9 Å². The molecular weight excluding hydrogens is 438 g/mol. The maximum atomic E-state index is 13.4. The summed E-state index contributed by atoms with van der Waals surface area (Å²) < 4.78 is 12.0. The maximum absolute atomic E-state index is 13.4. The van der Waals surface area contributed by atoms with Crippen molar-refractivity contribution in [2.45, 2.75) is 13.8 Å². The second kappa shape index (κ2) is 8.26. The first-order valence-corrected chi connectivity index (χ1v) is 10.9. The molecule has 0 aliphatic rings. The molecule has 0 aliphatic carbocycles. The largest absolute Gasteiger partial charge is 0.478 e. The number of carbonyl (C=O) groups is 1. The predicted octanol–water partition coefficient (Wildman–Crippen LogP) is 6.47. The maximum Gasteiger partial charge on any atom is 0.235 e. The van der Waals surface area contributed by atoms with E-state index in [-0.39, 0.29) is 29.3 Å². The lowest BCUT2D eigenvalue weighted by molar-refractivity contribution is 0.0922. The number of aromatic amines is 1. The number of aromatic nitrogens is 1. The molecule has 5 aromatic rings. The summed E-state index contributed by atoms with van der Waals surface area (Å²) in [5.41, 5.74) is 4.12. The Balaban J connectivity index is 1.59. The highest BCUT2D eigenvalue weighted by Gasteiger charge is 2.21. The average Bonchev–Trinajstić information content (AvgIpc) is 3.24. The fraction of sp³-hybridized carbons (Fsp3) is 0.111. The molecular formula is C27H20ClNO4. The molecule has 0 saturated heterocycles. The summed E-state index contributed by atoms with van der Waals surface area (Å²) in [6, 6.07) is 18.1. The number of ketones is 1. The van der Waals surface area contributed by atoms with Gasteiger partial charge in [0.25, 0.3) is 0 Å². The predicted molar refractivity (Wildman–Crippen MR) is 131 cm³/mol. The molecule has 164 valence electrons. The standard InChI is InChI=1S/C27H20ClNO4/c1-15-11-20-24(12-16(15)2)33-26(17-7-9-18(28)10-8-17)27(25(20)31)32-14-23(30)21-13-29-22-6-4-3-5-19(21)22/h3-13,29H,14H2,1-2H3. The second-order valence-corrected chi connectivity index (χ2v) is 8.43. The number of nitrogens with one attached hydrogen (secondary N) is 1. The molecule has 6 heteroatoms. The summed E-state index contributed by atoms with van der Waals surface area (Å²) in [6.45, 7) is 3.59. The lowest BCUT2D eigenvalue weighted by Gasteiger charge is -2.12. The van der Waals surface area contributed by atoms with Crippen molar-refractivity contribution in [3.8, 4) is 17.1 Å². The molecule has 0 saturated carbocycles. The zero-order chi connectivity index (χ0) is 23.1. The highest BCUT2D eigenvalue weighted by atomic mass is 35.5. The molecule has 5 nitrogen and oxygen atoms in total. The molecule has 0 radical (unpaired) electrons. The molecule has 0 unspecified atom stereocenters. The Bertz CT molecular complexity index is 1580. The van der Waals surface area contributed by atoms with Crippen LogP contribution < -0.4 is 10.2 Å². The number of carbonyl (C=O) groups excluding carboxylic acids is 1.